The number of hydrogen-bond acceptors (Lipinski definition) is 4. The zero-order chi connectivity index (χ0) is 14.4. The minimum Gasteiger partial charge on any atom is -0.481 e. The molecule has 0 saturated carbocycles. The van der Waals surface area contributed by atoms with E-state index >= 15 is 0 Å². The molecule has 102 valence electrons. The predicted octanol–water partition coefficient (Wildman–Crippen LogP) is 1.33. The topological polar surface area (TPSA) is 110 Å². The summed E-state index contributed by atoms with van der Waals surface area (Å²) in [5.74, 6) is -2.55. The summed E-state index contributed by atoms with van der Waals surface area (Å²) in [4.78, 5) is 31.7. The Morgan fingerprint density at radius 3 is 2.68 bits per heavy atom. The first-order valence-corrected chi connectivity index (χ1v) is 5.35. The standard InChI is InChI=1S/C11H11FN2O5/c12-7-3-4-8(9(6-7)14(18)19)11(17)13-5-1-2-10(15)16/h3-4,6H,1-2,5H2,(H,13,17)(H,15,16). The van der Waals surface area contributed by atoms with E-state index in [1.54, 1.807) is 0 Å². The predicted molar refractivity (Wildman–Crippen MR) is 62.3 cm³/mol. The lowest BCUT2D eigenvalue weighted by atomic mass is 10.1. The zero-order valence-electron chi connectivity index (χ0n) is 9.76. The van der Waals surface area contributed by atoms with E-state index in [1.807, 2.05) is 0 Å². The summed E-state index contributed by atoms with van der Waals surface area (Å²) in [5.41, 5.74) is -0.891. The van der Waals surface area contributed by atoms with Gasteiger partial charge in [-0.2, -0.15) is 0 Å². The molecule has 0 atom stereocenters. The Balaban J connectivity index is 2.71. The molecule has 0 bridgehead atoms. The van der Waals surface area contributed by atoms with Crippen LogP contribution < -0.4 is 5.32 Å². The number of nitrogens with zero attached hydrogens (tertiary/aromatic N) is 1. The van der Waals surface area contributed by atoms with E-state index in [9.17, 15) is 24.1 Å². The van der Waals surface area contributed by atoms with Gasteiger partial charge in [0.2, 0.25) is 0 Å². The summed E-state index contributed by atoms with van der Waals surface area (Å²) < 4.78 is 12.9. The molecular formula is C11H11FN2O5. The number of benzene rings is 1. The molecule has 1 rings (SSSR count). The molecule has 1 amide bonds. The van der Waals surface area contributed by atoms with Crippen LogP contribution in [0.25, 0.3) is 0 Å². The molecule has 0 fully saturated rings. The van der Waals surface area contributed by atoms with Crippen LogP contribution in [0, 0.1) is 15.9 Å². The van der Waals surface area contributed by atoms with Crippen molar-refractivity contribution in [2.45, 2.75) is 12.8 Å². The van der Waals surface area contributed by atoms with Crippen molar-refractivity contribution < 1.29 is 24.0 Å². The van der Waals surface area contributed by atoms with Crippen LogP contribution in [0.15, 0.2) is 18.2 Å². The van der Waals surface area contributed by atoms with Crippen LogP contribution in [0.3, 0.4) is 0 Å². The van der Waals surface area contributed by atoms with Gasteiger partial charge in [0.15, 0.2) is 0 Å². The Hall–Kier alpha value is -2.51. The number of rotatable bonds is 6. The number of halogens is 1. The van der Waals surface area contributed by atoms with E-state index in [0.717, 1.165) is 12.1 Å². The highest BCUT2D eigenvalue weighted by atomic mass is 19.1. The van der Waals surface area contributed by atoms with Crippen molar-refractivity contribution in [2.75, 3.05) is 6.54 Å². The van der Waals surface area contributed by atoms with Crippen LogP contribution in [0.2, 0.25) is 0 Å². The molecule has 0 unspecified atom stereocenters. The second kappa shape index (κ2) is 6.43. The molecule has 0 radical (unpaired) electrons. The van der Waals surface area contributed by atoms with Crippen molar-refractivity contribution in [1.29, 1.82) is 0 Å². The summed E-state index contributed by atoms with van der Waals surface area (Å²) in [6.07, 6.45) is 0.0852. The van der Waals surface area contributed by atoms with E-state index in [4.69, 9.17) is 5.11 Å². The van der Waals surface area contributed by atoms with Crippen molar-refractivity contribution in [3.63, 3.8) is 0 Å². The van der Waals surface area contributed by atoms with E-state index in [1.165, 1.54) is 0 Å². The van der Waals surface area contributed by atoms with E-state index in [2.05, 4.69) is 5.32 Å². The summed E-state index contributed by atoms with van der Waals surface area (Å²) in [7, 11) is 0. The SMILES string of the molecule is O=C(O)CCCNC(=O)c1ccc(F)cc1[N+](=O)[O-]. The number of nitro groups is 1. The van der Waals surface area contributed by atoms with Crippen LogP contribution in [0.5, 0.6) is 0 Å². The maximum atomic E-state index is 12.9. The number of amides is 1. The largest absolute Gasteiger partial charge is 0.481 e. The second-order valence-electron chi connectivity index (χ2n) is 3.67. The van der Waals surface area contributed by atoms with Gasteiger partial charge < -0.3 is 10.4 Å². The van der Waals surface area contributed by atoms with Gasteiger partial charge >= 0.3 is 5.97 Å². The number of carbonyl (C=O) groups is 2. The van der Waals surface area contributed by atoms with E-state index in [-0.39, 0.29) is 24.9 Å². The van der Waals surface area contributed by atoms with E-state index < -0.39 is 28.3 Å². The van der Waals surface area contributed by atoms with Gasteiger partial charge in [0.25, 0.3) is 11.6 Å². The molecule has 0 saturated heterocycles. The average molecular weight is 270 g/mol. The second-order valence-corrected chi connectivity index (χ2v) is 3.67. The smallest absolute Gasteiger partial charge is 0.303 e. The molecular weight excluding hydrogens is 259 g/mol. The van der Waals surface area contributed by atoms with Crippen molar-refractivity contribution in [1.82, 2.24) is 5.32 Å². The molecule has 0 aromatic heterocycles. The summed E-state index contributed by atoms with van der Waals surface area (Å²) >= 11 is 0. The summed E-state index contributed by atoms with van der Waals surface area (Å²) in [6.45, 7) is 0.0691. The fourth-order valence-corrected chi connectivity index (χ4v) is 1.38. The van der Waals surface area contributed by atoms with Gasteiger partial charge in [0.05, 0.1) is 11.0 Å². The maximum Gasteiger partial charge on any atom is 0.303 e. The molecule has 0 aliphatic heterocycles. The molecule has 19 heavy (non-hydrogen) atoms. The van der Waals surface area contributed by atoms with Crippen molar-refractivity contribution in [3.8, 4) is 0 Å². The number of aliphatic carboxylic acids is 1. The highest BCUT2D eigenvalue weighted by Crippen LogP contribution is 2.19. The van der Waals surface area contributed by atoms with Gasteiger partial charge in [-0.15, -0.1) is 0 Å². The molecule has 1 aromatic carbocycles. The lowest BCUT2D eigenvalue weighted by Gasteiger charge is -2.05. The monoisotopic (exact) mass is 270 g/mol. The molecule has 0 spiro atoms. The van der Waals surface area contributed by atoms with Crippen LogP contribution in [-0.4, -0.2) is 28.5 Å². The lowest BCUT2D eigenvalue weighted by Crippen LogP contribution is -2.25. The Morgan fingerprint density at radius 1 is 1.42 bits per heavy atom. The van der Waals surface area contributed by atoms with Crippen molar-refractivity contribution in [2.24, 2.45) is 0 Å². The van der Waals surface area contributed by atoms with E-state index in [0.29, 0.717) is 6.07 Å². The molecule has 8 heteroatoms. The lowest BCUT2D eigenvalue weighted by molar-refractivity contribution is -0.385. The van der Waals surface area contributed by atoms with Crippen LogP contribution >= 0.6 is 0 Å². The zero-order valence-corrected chi connectivity index (χ0v) is 9.76. The van der Waals surface area contributed by atoms with Gasteiger partial charge in [-0.3, -0.25) is 19.7 Å². The first-order valence-electron chi connectivity index (χ1n) is 5.35. The molecule has 2 N–H and O–H groups in total. The number of nitro benzene ring substituents is 1. The van der Waals surface area contributed by atoms with Gasteiger partial charge in [0.1, 0.15) is 11.4 Å². The number of carbonyl (C=O) groups excluding carboxylic acids is 1. The molecule has 0 heterocycles. The van der Waals surface area contributed by atoms with Crippen LogP contribution in [0.1, 0.15) is 23.2 Å². The van der Waals surface area contributed by atoms with Crippen LogP contribution in [0.4, 0.5) is 10.1 Å². The molecule has 1 aromatic rings. The van der Waals surface area contributed by atoms with Crippen LogP contribution in [-0.2, 0) is 4.79 Å². The number of hydrogen-bond donors (Lipinski definition) is 2. The quantitative estimate of drug-likeness (QED) is 0.460. The van der Waals surface area contributed by atoms with Gasteiger partial charge in [-0.1, -0.05) is 0 Å². The number of carboxylic acid groups (broad SMARTS) is 1. The Morgan fingerprint density at radius 2 is 2.11 bits per heavy atom. The molecule has 0 aliphatic carbocycles. The average Bonchev–Trinajstić information content (AvgIpc) is 2.33. The van der Waals surface area contributed by atoms with Gasteiger partial charge in [-0.05, 0) is 18.6 Å². The minimum absolute atomic E-state index is 0.0691. The third-order valence-electron chi connectivity index (χ3n) is 2.25. The highest BCUT2D eigenvalue weighted by Gasteiger charge is 2.20. The first kappa shape index (κ1) is 14.6. The van der Waals surface area contributed by atoms with Gasteiger partial charge in [-0.25, -0.2) is 4.39 Å². The molecule has 7 nitrogen and oxygen atoms in total. The maximum absolute atomic E-state index is 12.9. The number of nitrogens with one attached hydrogen (secondary N) is 1. The third kappa shape index (κ3) is 4.34. The fourth-order valence-electron chi connectivity index (χ4n) is 1.38. The van der Waals surface area contributed by atoms with Crippen molar-refractivity contribution >= 4 is 17.6 Å². The third-order valence-corrected chi connectivity index (χ3v) is 2.25. The Kier molecular flexibility index (Phi) is 4.92. The summed E-state index contributed by atoms with van der Waals surface area (Å²) in [5, 5.41) is 21.4. The fraction of sp³-hybridized carbons (Fsp3) is 0.273. The highest BCUT2D eigenvalue weighted by molar-refractivity contribution is 5.98. The first-order chi connectivity index (χ1) is 8.91. The van der Waals surface area contributed by atoms with Gasteiger partial charge in [0, 0.05) is 13.0 Å². The van der Waals surface area contributed by atoms with Crippen molar-refractivity contribution in [3.05, 3.63) is 39.7 Å². The Labute approximate surface area is 107 Å². The minimum atomic E-state index is -0.998. The summed E-state index contributed by atoms with van der Waals surface area (Å²) in [6, 6.07) is 2.62. The molecule has 0 aliphatic rings. The Bertz CT molecular complexity index is 518. The number of carboxylic acids is 1. The normalized spacial score (nSPS) is 9.95.